The molecule has 0 radical (unpaired) electrons. The zero-order valence-electron chi connectivity index (χ0n) is 10.1. The number of hydrogen-bond acceptors (Lipinski definition) is 4. The molecule has 0 aliphatic rings. The maximum atomic E-state index is 11.5. The largest absolute Gasteiger partial charge is 0.481 e. The smallest absolute Gasteiger partial charge is 0.309 e. The molecule has 5 heteroatoms. The van der Waals surface area contributed by atoms with Gasteiger partial charge >= 0.3 is 11.9 Å². The molecule has 0 rings (SSSR count). The van der Waals surface area contributed by atoms with Gasteiger partial charge in [0.15, 0.2) is 0 Å². The first kappa shape index (κ1) is 14.9. The normalized spacial score (nSPS) is 14.2. The van der Waals surface area contributed by atoms with Gasteiger partial charge in [-0.3, -0.25) is 9.59 Å². The van der Waals surface area contributed by atoms with Crippen molar-refractivity contribution in [3.05, 3.63) is 0 Å². The highest BCUT2D eigenvalue weighted by Crippen LogP contribution is 2.17. The predicted octanol–water partition coefficient (Wildman–Crippen LogP) is 1.31. The van der Waals surface area contributed by atoms with Gasteiger partial charge in [0, 0.05) is 7.11 Å². The van der Waals surface area contributed by atoms with Crippen LogP contribution in [0.2, 0.25) is 0 Å². The fraction of sp³-hybridized carbons (Fsp3) is 0.818. The highest BCUT2D eigenvalue weighted by atomic mass is 16.6. The number of ether oxygens (including phenoxy) is 2. The quantitative estimate of drug-likeness (QED) is 0.504. The minimum absolute atomic E-state index is 0.216. The number of aliphatic carboxylic acids is 1. The lowest BCUT2D eigenvalue weighted by molar-refractivity contribution is -0.151. The first-order valence-corrected chi connectivity index (χ1v) is 5.41. The summed E-state index contributed by atoms with van der Waals surface area (Å²) >= 11 is 0. The van der Waals surface area contributed by atoms with Crippen LogP contribution in [0.15, 0.2) is 0 Å². The molecule has 16 heavy (non-hydrogen) atoms. The van der Waals surface area contributed by atoms with Crippen molar-refractivity contribution < 1.29 is 24.2 Å². The van der Waals surface area contributed by atoms with Crippen LogP contribution in [0.5, 0.6) is 0 Å². The van der Waals surface area contributed by atoms with Crippen molar-refractivity contribution in [3.8, 4) is 0 Å². The van der Waals surface area contributed by atoms with Crippen molar-refractivity contribution in [2.45, 2.75) is 26.7 Å². The Morgan fingerprint density at radius 3 is 2.38 bits per heavy atom. The number of rotatable bonds is 8. The molecule has 0 saturated heterocycles. The minimum Gasteiger partial charge on any atom is -0.481 e. The van der Waals surface area contributed by atoms with Gasteiger partial charge in [-0.2, -0.15) is 0 Å². The Hall–Kier alpha value is -1.10. The van der Waals surface area contributed by atoms with Crippen molar-refractivity contribution in [1.29, 1.82) is 0 Å². The number of carbonyl (C=O) groups is 2. The molecule has 0 fully saturated rings. The molecule has 0 aromatic heterocycles. The van der Waals surface area contributed by atoms with Crippen LogP contribution in [0.4, 0.5) is 0 Å². The Balaban J connectivity index is 4.06. The fourth-order valence-corrected chi connectivity index (χ4v) is 1.30. The summed E-state index contributed by atoms with van der Waals surface area (Å²) in [6.07, 6.45) is 0.904. The highest BCUT2D eigenvalue weighted by Gasteiger charge is 2.23. The average molecular weight is 232 g/mol. The predicted molar refractivity (Wildman–Crippen MR) is 58.0 cm³/mol. The van der Waals surface area contributed by atoms with E-state index in [4.69, 9.17) is 14.6 Å². The summed E-state index contributed by atoms with van der Waals surface area (Å²) in [7, 11) is 1.53. The van der Waals surface area contributed by atoms with Gasteiger partial charge in [0.25, 0.3) is 0 Å². The van der Waals surface area contributed by atoms with E-state index in [0.29, 0.717) is 19.4 Å². The molecule has 0 heterocycles. The van der Waals surface area contributed by atoms with Gasteiger partial charge in [-0.1, -0.05) is 13.8 Å². The van der Waals surface area contributed by atoms with E-state index in [1.54, 1.807) is 6.92 Å². The lowest BCUT2D eigenvalue weighted by atomic mass is 9.94. The summed E-state index contributed by atoms with van der Waals surface area (Å²) in [5.41, 5.74) is 0. The molecule has 0 aliphatic carbocycles. The van der Waals surface area contributed by atoms with E-state index in [1.165, 1.54) is 7.11 Å². The first-order valence-electron chi connectivity index (χ1n) is 5.41. The highest BCUT2D eigenvalue weighted by molar-refractivity contribution is 5.74. The van der Waals surface area contributed by atoms with E-state index in [2.05, 4.69) is 0 Å². The zero-order valence-corrected chi connectivity index (χ0v) is 10.1. The molecule has 2 atom stereocenters. The SMILES string of the molecule is CCC(CC(C)C(=O)O)C(=O)OCCOC. The van der Waals surface area contributed by atoms with Gasteiger partial charge in [-0.15, -0.1) is 0 Å². The second-order valence-corrected chi connectivity index (χ2v) is 3.74. The standard InChI is InChI=1S/C11H20O5/c1-4-9(7-8(2)10(12)13)11(14)16-6-5-15-3/h8-9H,4-7H2,1-3H3,(H,12,13). The molecule has 0 amide bonds. The minimum atomic E-state index is -0.886. The molecular weight excluding hydrogens is 212 g/mol. The van der Waals surface area contributed by atoms with Gasteiger partial charge in [0.2, 0.25) is 0 Å². The number of hydrogen-bond donors (Lipinski definition) is 1. The molecule has 0 aromatic carbocycles. The van der Waals surface area contributed by atoms with Crippen molar-refractivity contribution >= 4 is 11.9 Å². The van der Waals surface area contributed by atoms with Crippen molar-refractivity contribution in [1.82, 2.24) is 0 Å². The van der Waals surface area contributed by atoms with Gasteiger partial charge in [-0.05, 0) is 12.8 Å². The molecule has 1 N–H and O–H groups in total. The van der Waals surface area contributed by atoms with Crippen LogP contribution < -0.4 is 0 Å². The van der Waals surface area contributed by atoms with Crippen LogP contribution in [-0.2, 0) is 19.1 Å². The molecular formula is C11H20O5. The molecule has 0 spiro atoms. The van der Waals surface area contributed by atoms with Crippen LogP contribution in [0.1, 0.15) is 26.7 Å². The Morgan fingerprint density at radius 1 is 1.31 bits per heavy atom. The summed E-state index contributed by atoms with van der Waals surface area (Å²) in [4.78, 5) is 22.2. The number of esters is 1. The van der Waals surface area contributed by atoms with Gasteiger partial charge in [-0.25, -0.2) is 0 Å². The molecule has 0 saturated carbocycles. The van der Waals surface area contributed by atoms with E-state index < -0.39 is 11.9 Å². The molecule has 2 unspecified atom stereocenters. The van der Waals surface area contributed by atoms with Crippen LogP contribution >= 0.6 is 0 Å². The average Bonchev–Trinajstić information content (AvgIpc) is 2.25. The summed E-state index contributed by atoms with van der Waals surface area (Å²) < 4.78 is 9.71. The Morgan fingerprint density at radius 2 is 1.94 bits per heavy atom. The van der Waals surface area contributed by atoms with Crippen LogP contribution in [0, 0.1) is 11.8 Å². The van der Waals surface area contributed by atoms with Crippen molar-refractivity contribution in [3.63, 3.8) is 0 Å². The second kappa shape index (κ2) is 8.10. The lowest BCUT2D eigenvalue weighted by Crippen LogP contribution is -2.23. The van der Waals surface area contributed by atoms with E-state index in [1.807, 2.05) is 6.92 Å². The van der Waals surface area contributed by atoms with Crippen molar-refractivity contribution in [2.24, 2.45) is 11.8 Å². The molecule has 0 aliphatic heterocycles. The van der Waals surface area contributed by atoms with Gasteiger partial charge in [0.1, 0.15) is 6.61 Å². The lowest BCUT2D eigenvalue weighted by Gasteiger charge is -2.16. The third kappa shape index (κ3) is 5.70. The summed E-state index contributed by atoms with van der Waals surface area (Å²) in [6.45, 7) is 4.01. The molecule has 0 aromatic rings. The van der Waals surface area contributed by atoms with Crippen molar-refractivity contribution in [2.75, 3.05) is 20.3 Å². The molecule has 5 nitrogen and oxygen atoms in total. The third-order valence-electron chi connectivity index (χ3n) is 2.42. The Kier molecular flexibility index (Phi) is 7.54. The van der Waals surface area contributed by atoms with Crippen LogP contribution in [0.3, 0.4) is 0 Å². The third-order valence-corrected chi connectivity index (χ3v) is 2.42. The fourth-order valence-electron chi connectivity index (χ4n) is 1.30. The maximum Gasteiger partial charge on any atom is 0.309 e. The monoisotopic (exact) mass is 232 g/mol. The summed E-state index contributed by atoms with van der Waals surface area (Å²) in [5.74, 6) is -2.10. The number of carboxylic acids is 1. The number of methoxy groups -OCH3 is 1. The van der Waals surface area contributed by atoms with Crippen LogP contribution in [-0.4, -0.2) is 37.4 Å². The second-order valence-electron chi connectivity index (χ2n) is 3.74. The van der Waals surface area contributed by atoms with E-state index in [0.717, 1.165) is 0 Å². The Labute approximate surface area is 95.7 Å². The number of carboxylic acid groups (broad SMARTS) is 1. The summed E-state index contributed by atoms with van der Waals surface area (Å²) in [6, 6.07) is 0. The first-order chi connectivity index (χ1) is 7.52. The van der Waals surface area contributed by atoms with E-state index in [-0.39, 0.29) is 18.5 Å². The Bertz CT molecular complexity index is 226. The van der Waals surface area contributed by atoms with E-state index >= 15 is 0 Å². The van der Waals surface area contributed by atoms with Gasteiger partial charge in [0.05, 0.1) is 18.4 Å². The zero-order chi connectivity index (χ0) is 12.6. The maximum absolute atomic E-state index is 11.5. The van der Waals surface area contributed by atoms with E-state index in [9.17, 15) is 9.59 Å². The van der Waals surface area contributed by atoms with Gasteiger partial charge < -0.3 is 14.6 Å². The number of carbonyl (C=O) groups excluding carboxylic acids is 1. The van der Waals surface area contributed by atoms with Crippen LogP contribution in [0.25, 0.3) is 0 Å². The summed E-state index contributed by atoms with van der Waals surface area (Å²) in [5, 5.41) is 8.75. The topological polar surface area (TPSA) is 72.8 Å². The molecule has 94 valence electrons. The molecule has 0 bridgehead atoms.